The summed E-state index contributed by atoms with van der Waals surface area (Å²) in [6.07, 6.45) is 2.45. The van der Waals surface area contributed by atoms with Gasteiger partial charge in [0.05, 0.1) is 31.8 Å². The summed E-state index contributed by atoms with van der Waals surface area (Å²) in [5.74, 6) is 0.416. The van der Waals surface area contributed by atoms with Gasteiger partial charge in [0.25, 0.3) is 0 Å². The highest BCUT2D eigenvalue weighted by Gasteiger charge is 2.50. The molecule has 1 heterocycles. The number of carbonyl (C=O) groups excluding carboxylic acids is 2. The lowest BCUT2D eigenvalue weighted by Crippen LogP contribution is -2.41. The fraction of sp³-hybridized carbons (Fsp3) is 0.545. The Hall–Kier alpha value is -2.28. The molecule has 0 spiro atoms. The van der Waals surface area contributed by atoms with Crippen molar-refractivity contribution in [1.29, 1.82) is 0 Å². The van der Waals surface area contributed by atoms with Gasteiger partial charge in [-0.25, -0.2) is 0 Å². The van der Waals surface area contributed by atoms with E-state index in [9.17, 15) is 9.59 Å². The van der Waals surface area contributed by atoms with Crippen LogP contribution in [0.1, 0.15) is 38.7 Å². The minimum absolute atomic E-state index is 0.0294. The highest BCUT2D eigenvalue weighted by molar-refractivity contribution is 6.74. The molecule has 1 aromatic carbocycles. The molecule has 1 aromatic rings. The van der Waals surface area contributed by atoms with Gasteiger partial charge in [0.2, 0.25) is 20.1 Å². The van der Waals surface area contributed by atoms with Crippen molar-refractivity contribution in [2.24, 2.45) is 11.8 Å². The van der Waals surface area contributed by atoms with Crippen LogP contribution in [0.25, 0.3) is 0 Å². The first-order chi connectivity index (χ1) is 13.5. The third kappa shape index (κ3) is 3.92. The van der Waals surface area contributed by atoms with Crippen LogP contribution in [0.4, 0.5) is 0 Å². The Kier molecular flexibility index (Phi) is 5.55. The number of rotatable bonds is 5. The molecule has 1 saturated heterocycles. The Morgan fingerprint density at radius 1 is 1.07 bits per heavy atom. The summed E-state index contributed by atoms with van der Waals surface area (Å²) >= 11 is 0. The quantitative estimate of drug-likeness (QED) is 0.579. The molecule has 2 amide bonds. The lowest BCUT2D eigenvalue weighted by atomic mass is 9.73. The maximum Gasteiger partial charge on any atom is 0.250 e. The fourth-order valence-corrected chi connectivity index (χ4v) is 4.92. The lowest BCUT2D eigenvalue weighted by molar-refractivity contribution is -0.126. The average Bonchev–Trinajstić information content (AvgIpc) is 2.93. The zero-order valence-electron chi connectivity index (χ0n) is 18.3. The van der Waals surface area contributed by atoms with Gasteiger partial charge in [-0.05, 0) is 42.4 Å². The fourth-order valence-electron chi connectivity index (χ4n) is 3.80. The zero-order valence-corrected chi connectivity index (χ0v) is 19.3. The molecule has 1 aliphatic heterocycles. The monoisotopic (exact) mass is 417 g/mol. The van der Waals surface area contributed by atoms with E-state index in [0.29, 0.717) is 17.9 Å². The average molecular weight is 418 g/mol. The molecule has 3 rings (SSSR count). The number of fused-ring (bicyclic) bond motifs is 1. The van der Waals surface area contributed by atoms with E-state index in [0.717, 1.165) is 11.3 Å². The van der Waals surface area contributed by atoms with E-state index in [-0.39, 0.29) is 22.8 Å². The molecule has 6 nitrogen and oxygen atoms in total. The molecule has 0 radical (unpaired) electrons. The van der Waals surface area contributed by atoms with Gasteiger partial charge in [-0.3, -0.25) is 14.9 Å². The molecule has 1 fully saturated rings. The van der Waals surface area contributed by atoms with Crippen molar-refractivity contribution in [1.82, 2.24) is 5.32 Å². The van der Waals surface area contributed by atoms with E-state index in [1.54, 1.807) is 14.2 Å². The Morgan fingerprint density at radius 2 is 1.76 bits per heavy atom. The number of methoxy groups -OCH3 is 2. The smallest absolute Gasteiger partial charge is 0.250 e. The molecule has 7 heteroatoms. The SMILES string of the molecule is COc1ccc(OC)c([C@H]2C=C(O[Si](C)(C)C(C)(C)C)C[C@H]3C(=O)NC(=O)[C@@H]23)c1. The summed E-state index contributed by atoms with van der Waals surface area (Å²) in [5.41, 5.74) is 0.822. The van der Waals surface area contributed by atoms with Crippen LogP contribution in [-0.2, 0) is 14.0 Å². The number of amides is 2. The van der Waals surface area contributed by atoms with Gasteiger partial charge in [0.1, 0.15) is 11.5 Å². The largest absolute Gasteiger partial charge is 0.547 e. The van der Waals surface area contributed by atoms with Crippen molar-refractivity contribution in [2.75, 3.05) is 14.2 Å². The molecule has 1 aliphatic carbocycles. The van der Waals surface area contributed by atoms with Gasteiger partial charge in [-0.1, -0.05) is 20.8 Å². The molecule has 29 heavy (non-hydrogen) atoms. The van der Waals surface area contributed by atoms with E-state index in [2.05, 4.69) is 39.2 Å². The van der Waals surface area contributed by atoms with E-state index in [1.165, 1.54) is 0 Å². The number of benzene rings is 1. The Morgan fingerprint density at radius 3 is 2.34 bits per heavy atom. The highest BCUT2D eigenvalue weighted by Crippen LogP contribution is 2.48. The maximum atomic E-state index is 12.6. The van der Waals surface area contributed by atoms with Gasteiger partial charge in [0.15, 0.2) is 0 Å². The molecule has 3 atom stereocenters. The number of ether oxygens (including phenoxy) is 2. The summed E-state index contributed by atoms with van der Waals surface area (Å²) in [7, 11) is 1.11. The second-order valence-electron chi connectivity index (χ2n) is 9.32. The van der Waals surface area contributed by atoms with E-state index >= 15 is 0 Å². The summed E-state index contributed by atoms with van der Waals surface area (Å²) in [6.45, 7) is 10.9. The van der Waals surface area contributed by atoms with Crippen LogP contribution >= 0.6 is 0 Å². The van der Waals surface area contributed by atoms with Crippen LogP contribution in [-0.4, -0.2) is 34.4 Å². The number of hydrogen-bond donors (Lipinski definition) is 1. The van der Waals surface area contributed by atoms with Crippen LogP contribution in [0.2, 0.25) is 18.1 Å². The summed E-state index contributed by atoms with van der Waals surface area (Å²) in [6, 6.07) is 5.52. The molecule has 0 bridgehead atoms. The van der Waals surface area contributed by atoms with Crippen molar-refractivity contribution in [2.45, 2.75) is 51.2 Å². The van der Waals surface area contributed by atoms with Crippen LogP contribution in [0.5, 0.6) is 11.5 Å². The predicted octanol–water partition coefficient (Wildman–Crippen LogP) is 3.99. The predicted molar refractivity (Wildman–Crippen MR) is 113 cm³/mol. The number of nitrogens with one attached hydrogen (secondary N) is 1. The van der Waals surface area contributed by atoms with Crippen molar-refractivity contribution in [3.63, 3.8) is 0 Å². The Bertz CT molecular complexity index is 855. The van der Waals surface area contributed by atoms with Crippen molar-refractivity contribution in [3.8, 4) is 11.5 Å². The Labute approximate surface area is 173 Å². The number of carbonyl (C=O) groups is 2. The van der Waals surface area contributed by atoms with Gasteiger partial charge in [-0.15, -0.1) is 0 Å². The van der Waals surface area contributed by atoms with Crippen molar-refractivity contribution >= 4 is 20.1 Å². The van der Waals surface area contributed by atoms with Gasteiger partial charge in [0, 0.05) is 17.9 Å². The first-order valence-electron chi connectivity index (χ1n) is 9.95. The van der Waals surface area contributed by atoms with Crippen molar-refractivity contribution < 1.29 is 23.5 Å². The maximum absolute atomic E-state index is 12.6. The highest BCUT2D eigenvalue weighted by atomic mass is 28.4. The lowest BCUT2D eigenvalue weighted by Gasteiger charge is -2.40. The normalized spacial score (nSPS) is 24.5. The van der Waals surface area contributed by atoms with E-state index in [4.69, 9.17) is 13.9 Å². The standard InChI is InChI=1S/C22H31NO5Si/c1-22(2,3)29(6,7)28-14-11-16(19-17(12-14)20(24)23-21(19)25)15-10-13(26-4)8-9-18(15)27-5/h8-11,16-17,19H,12H2,1-7H3,(H,23,24,25)/t16-,17-,19+/m1/s1. The third-order valence-corrected chi connectivity index (χ3v) is 10.9. The van der Waals surface area contributed by atoms with Crippen LogP contribution in [0.15, 0.2) is 30.0 Å². The van der Waals surface area contributed by atoms with Gasteiger partial charge >= 0.3 is 0 Å². The molecule has 0 unspecified atom stereocenters. The van der Waals surface area contributed by atoms with Crippen molar-refractivity contribution in [3.05, 3.63) is 35.6 Å². The minimum Gasteiger partial charge on any atom is -0.547 e. The topological polar surface area (TPSA) is 73.9 Å². The van der Waals surface area contributed by atoms with Gasteiger partial charge in [-0.2, -0.15) is 0 Å². The molecule has 1 N–H and O–H groups in total. The molecule has 0 aromatic heterocycles. The summed E-state index contributed by atoms with van der Waals surface area (Å²) in [4.78, 5) is 25.2. The number of allylic oxidation sites excluding steroid dienone is 2. The first-order valence-corrected chi connectivity index (χ1v) is 12.9. The molecular formula is C22H31NO5Si. The van der Waals surface area contributed by atoms with Crippen LogP contribution in [0, 0.1) is 11.8 Å². The van der Waals surface area contributed by atoms with E-state index < -0.39 is 20.2 Å². The number of imide groups is 1. The summed E-state index contributed by atoms with van der Waals surface area (Å²) in [5, 5.41) is 2.54. The van der Waals surface area contributed by atoms with E-state index in [1.807, 2.05) is 24.3 Å². The minimum atomic E-state index is -2.09. The molecule has 2 aliphatic rings. The van der Waals surface area contributed by atoms with Crippen LogP contribution in [0.3, 0.4) is 0 Å². The second-order valence-corrected chi connectivity index (χ2v) is 14.0. The second kappa shape index (κ2) is 7.52. The first kappa shape index (κ1) is 21.4. The van der Waals surface area contributed by atoms with Crippen LogP contribution < -0.4 is 14.8 Å². The van der Waals surface area contributed by atoms with Gasteiger partial charge < -0.3 is 13.9 Å². The molecule has 0 saturated carbocycles. The summed E-state index contributed by atoms with van der Waals surface area (Å²) < 4.78 is 17.5. The Balaban J connectivity index is 2.09. The zero-order chi connectivity index (χ0) is 21.6. The molecular weight excluding hydrogens is 386 g/mol. The number of hydrogen-bond acceptors (Lipinski definition) is 5. The third-order valence-electron chi connectivity index (χ3n) is 6.48. The molecule has 158 valence electrons.